The van der Waals surface area contributed by atoms with Crippen molar-refractivity contribution in [2.75, 3.05) is 11.8 Å². The maximum Gasteiger partial charge on any atom is 0.0335 e. The Kier molecular flexibility index (Phi) is 5.97. The van der Waals surface area contributed by atoms with Gasteiger partial charge in [-0.3, -0.25) is 0 Å². The van der Waals surface area contributed by atoms with Gasteiger partial charge in [0.25, 0.3) is 0 Å². The summed E-state index contributed by atoms with van der Waals surface area (Å²) in [7, 11) is 0. The van der Waals surface area contributed by atoms with Crippen LogP contribution in [-0.4, -0.2) is 11.8 Å². The number of alkyl halides is 2. The monoisotopic (exact) mass is 434 g/mol. The van der Waals surface area contributed by atoms with E-state index in [0.29, 0.717) is 11.8 Å². The molecule has 0 heterocycles. The molecule has 0 aromatic heterocycles. The summed E-state index contributed by atoms with van der Waals surface area (Å²) in [5, 5.41) is 0. The van der Waals surface area contributed by atoms with E-state index >= 15 is 0 Å². The van der Waals surface area contributed by atoms with Crippen LogP contribution in [0.3, 0.4) is 0 Å². The SMILES string of the molecule is ClCC(CCl)(Cc1cccc(Br)c1)c1cccc(Br)c1. The molecule has 2 aromatic rings. The highest BCUT2D eigenvalue weighted by Crippen LogP contribution is 2.33. The van der Waals surface area contributed by atoms with E-state index < -0.39 is 0 Å². The lowest BCUT2D eigenvalue weighted by Crippen LogP contribution is -2.33. The molecule has 20 heavy (non-hydrogen) atoms. The minimum Gasteiger partial charge on any atom is -0.126 e. The van der Waals surface area contributed by atoms with Gasteiger partial charge in [0.2, 0.25) is 0 Å². The lowest BCUT2D eigenvalue weighted by Gasteiger charge is -2.30. The van der Waals surface area contributed by atoms with Crippen molar-refractivity contribution >= 4 is 55.1 Å². The van der Waals surface area contributed by atoms with E-state index in [9.17, 15) is 0 Å². The molecule has 4 heteroatoms. The number of hydrogen-bond acceptors (Lipinski definition) is 0. The van der Waals surface area contributed by atoms with Crippen molar-refractivity contribution in [2.45, 2.75) is 11.8 Å². The number of benzene rings is 2. The lowest BCUT2D eigenvalue weighted by molar-refractivity contribution is 0.536. The summed E-state index contributed by atoms with van der Waals surface area (Å²) in [4.78, 5) is 0. The molecule has 0 amide bonds. The van der Waals surface area contributed by atoms with Crippen LogP contribution in [0, 0.1) is 0 Å². The van der Waals surface area contributed by atoms with Gasteiger partial charge in [0.1, 0.15) is 0 Å². The zero-order valence-corrected chi connectivity index (χ0v) is 15.4. The Bertz CT molecular complexity index is 580. The Labute approximate surface area is 146 Å². The molecule has 0 bridgehead atoms. The molecule has 0 spiro atoms. The maximum absolute atomic E-state index is 6.29. The lowest BCUT2D eigenvalue weighted by atomic mass is 9.79. The van der Waals surface area contributed by atoms with Gasteiger partial charge in [-0.25, -0.2) is 0 Å². The van der Waals surface area contributed by atoms with Crippen LogP contribution >= 0.6 is 55.1 Å². The minimum atomic E-state index is -0.256. The van der Waals surface area contributed by atoms with Gasteiger partial charge in [-0.05, 0) is 41.8 Å². The average Bonchev–Trinajstić information content (AvgIpc) is 2.45. The van der Waals surface area contributed by atoms with E-state index in [4.69, 9.17) is 23.2 Å². The van der Waals surface area contributed by atoms with Crippen LogP contribution in [0.25, 0.3) is 0 Å². The highest BCUT2D eigenvalue weighted by atomic mass is 79.9. The molecule has 0 saturated heterocycles. The van der Waals surface area contributed by atoms with E-state index in [1.807, 2.05) is 24.3 Å². The molecule has 0 aliphatic rings. The van der Waals surface area contributed by atoms with E-state index in [1.54, 1.807) is 0 Å². The molecular formula is C16H14Br2Cl2. The van der Waals surface area contributed by atoms with Gasteiger partial charge < -0.3 is 0 Å². The van der Waals surface area contributed by atoms with Crippen LogP contribution in [0.15, 0.2) is 57.5 Å². The van der Waals surface area contributed by atoms with Gasteiger partial charge in [0.05, 0.1) is 0 Å². The molecule has 0 saturated carbocycles. The molecular weight excluding hydrogens is 423 g/mol. The van der Waals surface area contributed by atoms with Crippen molar-refractivity contribution in [1.29, 1.82) is 0 Å². The summed E-state index contributed by atoms with van der Waals surface area (Å²) in [5.74, 6) is 0.971. The summed E-state index contributed by atoms with van der Waals surface area (Å²) in [5.41, 5.74) is 2.13. The van der Waals surface area contributed by atoms with Crippen molar-refractivity contribution in [1.82, 2.24) is 0 Å². The Morgan fingerprint density at radius 3 is 2.00 bits per heavy atom. The number of rotatable bonds is 5. The highest BCUT2D eigenvalue weighted by molar-refractivity contribution is 9.10. The predicted molar refractivity (Wildman–Crippen MR) is 95.1 cm³/mol. The van der Waals surface area contributed by atoms with Crippen LogP contribution in [0.5, 0.6) is 0 Å². The third kappa shape index (κ3) is 3.79. The van der Waals surface area contributed by atoms with E-state index in [0.717, 1.165) is 20.9 Å². The van der Waals surface area contributed by atoms with Gasteiger partial charge in [-0.15, -0.1) is 23.2 Å². The van der Waals surface area contributed by atoms with E-state index in [1.165, 1.54) is 5.56 Å². The second kappa shape index (κ2) is 7.31. The average molecular weight is 437 g/mol. The minimum absolute atomic E-state index is 0.256. The molecule has 0 aliphatic carbocycles. The Hall–Kier alpha value is -0.0200. The summed E-state index contributed by atoms with van der Waals surface area (Å²) < 4.78 is 2.12. The summed E-state index contributed by atoms with van der Waals surface area (Å²) in [6.07, 6.45) is 0.815. The first-order chi connectivity index (χ1) is 9.59. The van der Waals surface area contributed by atoms with Crippen molar-refractivity contribution in [3.05, 3.63) is 68.6 Å². The largest absolute Gasteiger partial charge is 0.126 e. The summed E-state index contributed by atoms with van der Waals surface area (Å²) in [6.45, 7) is 0. The van der Waals surface area contributed by atoms with Gasteiger partial charge >= 0.3 is 0 Å². The second-order valence-electron chi connectivity index (χ2n) is 4.86. The zero-order valence-electron chi connectivity index (χ0n) is 10.8. The zero-order chi connectivity index (χ0) is 14.6. The first-order valence-electron chi connectivity index (χ1n) is 6.22. The molecule has 0 atom stereocenters. The topological polar surface area (TPSA) is 0 Å². The Balaban J connectivity index is 2.39. The van der Waals surface area contributed by atoms with Crippen molar-refractivity contribution in [3.63, 3.8) is 0 Å². The van der Waals surface area contributed by atoms with Crippen LogP contribution in [-0.2, 0) is 11.8 Å². The van der Waals surface area contributed by atoms with Gasteiger partial charge in [0, 0.05) is 26.1 Å². The van der Waals surface area contributed by atoms with Gasteiger partial charge in [-0.2, -0.15) is 0 Å². The summed E-state index contributed by atoms with van der Waals surface area (Å²) in [6, 6.07) is 16.5. The van der Waals surface area contributed by atoms with Crippen molar-refractivity contribution in [3.8, 4) is 0 Å². The Morgan fingerprint density at radius 2 is 1.45 bits per heavy atom. The first-order valence-corrected chi connectivity index (χ1v) is 8.87. The molecule has 0 fully saturated rings. The van der Waals surface area contributed by atoms with Crippen LogP contribution in [0.1, 0.15) is 11.1 Å². The molecule has 0 unspecified atom stereocenters. The van der Waals surface area contributed by atoms with Crippen LogP contribution in [0.2, 0.25) is 0 Å². The quantitative estimate of drug-likeness (QED) is 0.491. The molecule has 2 aromatic carbocycles. The van der Waals surface area contributed by atoms with Crippen molar-refractivity contribution in [2.24, 2.45) is 0 Å². The van der Waals surface area contributed by atoms with Gasteiger partial charge in [-0.1, -0.05) is 56.1 Å². The molecule has 0 nitrogen and oxygen atoms in total. The first kappa shape index (κ1) is 16.4. The number of hydrogen-bond donors (Lipinski definition) is 0. The molecule has 0 aliphatic heterocycles. The van der Waals surface area contributed by atoms with Crippen molar-refractivity contribution < 1.29 is 0 Å². The van der Waals surface area contributed by atoms with E-state index in [2.05, 4.69) is 56.1 Å². The highest BCUT2D eigenvalue weighted by Gasteiger charge is 2.31. The maximum atomic E-state index is 6.29. The third-order valence-electron chi connectivity index (χ3n) is 3.38. The standard InChI is InChI=1S/C16H14Br2Cl2/c17-14-5-1-3-12(7-14)9-16(10-19,11-20)13-4-2-6-15(18)8-13/h1-8H,9-11H2. The second-order valence-corrected chi connectivity index (χ2v) is 7.23. The molecule has 2 rings (SSSR count). The fourth-order valence-corrected chi connectivity index (χ4v) is 3.87. The fraction of sp³-hybridized carbons (Fsp3) is 0.250. The normalized spacial score (nSPS) is 11.6. The molecule has 0 radical (unpaired) electrons. The Morgan fingerprint density at radius 1 is 0.850 bits per heavy atom. The summed E-state index contributed by atoms with van der Waals surface area (Å²) >= 11 is 19.6. The van der Waals surface area contributed by atoms with E-state index in [-0.39, 0.29) is 5.41 Å². The fourth-order valence-electron chi connectivity index (χ4n) is 2.24. The third-order valence-corrected chi connectivity index (χ3v) is 5.39. The molecule has 106 valence electrons. The molecule has 0 N–H and O–H groups in total. The predicted octanol–water partition coefficient (Wildman–Crippen LogP) is 6.17. The smallest absolute Gasteiger partial charge is 0.0335 e. The van der Waals surface area contributed by atoms with Crippen LogP contribution < -0.4 is 0 Å². The van der Waals surface area contributed by atoms with Gasteiger partial charge in [0.15, 0.2) is 0 Å². The van der Waals surface area contributed by atoms with Crippen LogP contribution in [0.4, 0.5) is 0 Å². The number of halogens is 4.